The number of nitrogen functional groups attached to an aromatic ring is 2. The number of phenols is 1. The molecule has 55 heavy (non-hydrogen) atoms. The smallest absolute Gasteiger partial charge is 0.342 e. The highest BCUT2D eigenvalue weighted by Crippen LogP contribution is 2.60. The van der Waals surface area contributed by atoms with E-state index in [9.17, 15) is 14.7 Å². The normalized spacial score (nSPS) is 27.9. The van der Waals surface area contributed by atoms with E-state index in [1.807, 2.05) is 44.3 Å². The van der Waals surface area contributed by atoms with Crippen LogP contribution in [0, 0.1) is 18.8 Å². The fourth-order valence-electron chi connectivity index (χ4n) is 9.46. The number of nitrogens with zero attached hydrogens (tertiary/aromatic N) is 4. The Labute approximate surface area is 316 Å². The minimum absolute atomic E-state index is 0.0867. The second-order valence-corrected chi connectivity index (χ2v) is 16.1. The zero-order valence-corrected chi connectivity index (χ0v) is 30.6. The number of aliphatic imine (C=N–C) groups is 1. The number of phenolic OH excluding ortho intramolecular Hbond substituents is 1. The number of allylic oxidation sites excluding steroid dienone is 2. The minimum Gasteiger partial charge on any atom is -0.507 e. The Bertz CT molecular complexity index is 2540. The SMILES string of the molecule is Cc1cc(=O)c2c(O)c3c(cc2o1)OC(C)(C)[C@@H]1OC(=O)[C@@]2(O[C@@H]2CCc2cc(N)nc(-c4cc(N)nc(CN5C=C6C=CN=C6C5)c4)c2)[C@@H]2C=C[C@H](C2)[C@@H]31. The first-order valence-corrected chi connectivity index (χ1v) is 18.7. The summed E-state index contributed by atoms with van der Waals surface area (Å²) in [5.74, 6) is 0.162. The van der Waals surface area contributed by atoms with Gasteiger partial charge < -0.3 is 40.1 Å². The molecule has 0 amide bonds. The Kier molecular flexibility index (Phi) is 7.19. The van der Waals surface area contributed by atoms with Crippen molar-refractivity contribution in [2.45, 2.75) is 75.9 Å². The van der Waals surface area contributed by atoms with E-state index in [2.05, 4.69) is 38.2 Å². The molecule has 6 atom stereocenters. The van der Waals surface area contributed by atoms with Crippen LogP contribution in [0.3, 0.4) is 0 Å². The van der Waals surface area contributed by atoms with E-state index in [1.54, 1.807) is 19.1 Å². The van der Waals surface area contributed by atoms with Crippen molar-refractivity contribution < 1.29 is 28.5 Å². The van der Waals surface area contributed by atoms with Gasteiger partial charge in [-0.2, -0.15) is 0 Å². The number of esters is 1. The van der Waals surface area contributed by atoms with Gasteiger partial charge in [0.15, 0.2) is 11.0 Å². The maximum atomic E-state index is 14.3. The number of carbonyl (C=O) groups is 1. The molecule has 2 saturated heterocycles. The third kappa shape index (κ3) is 5.35. The number of fused-ring (bicyclic) bond motifs is 9. The van der Waals surface area contributed by atoms with Gasteiger partial charge in [-0.3, -0.25) is 9.79 Å². The molecule has 4 aromatic rings. The Morgan fingerprint density at radius 3 is 2.71 bits per heavy atom. The van der Waals surface area contributed by atoms with Crippen LogP contribution in [0.5, 0.6) is 11.5 Å². The standard InChI is InChI=1S/C42H40N6O7/c1-20-10-29(49)36-30(52-20)16-31-37(38(36)50)35-22-5-6-25(13-22)42(40(51)53-39(35)41(2,3)54-31)32(55-42)7-4-21-11-27(47-33(43)12-21)24-14-26(46-34(44)15-24)18-48-17-23-8-9-45-28(23)19-48/h5-6,8-12,14-17,22,25,32,35,39,50H,4,7,13,18-19H2,1-3H3,(H2,43,47)(H2,44,46)/t22-,25-,32-,35+,39-,42-/m1/s1. The summed E-state index contributed by atoms with van der Waals surface area (Å²) in [6.07, 6.45) is 10.6. The molecule has 8 heterocycles. The number of pyridine rings is 2. The first kappa shape index (κ1) is 33.6. The summed E-state index contributed by atoms with van der Waals surface area (Å²) >= 11 is 0. The first-order chi connectivity index (χ1) is 26.4. The predicted octanol–water partition coefficient (Wildman–Crippen LogP) is 5.24. The average molecular weight is 741 g/mol. The summed E-state index contributed by atoms with van der Waals surface area (Å²) in [7, 11) is 0. The van der Waals surface area contributed by atoms with Crippen LogP contribution in [0.15, 0.2) is 86.8 Å². The van der Waals surface area contributed by atoms with Crippen molar-refractivity contribution in [3.8, 4) is 22.8 Å². The molecule has 1 aromatic carbocycles. The number of rotatable bonds is 6. The molecule has 1 spiro atoms. The molecule has 5 aliphatic heterocycles. The number of aryl methyl sites for hydroxylation is 2. The van der Waals surface area contributed by atoms with Gasteiger partial charge in [0.05, 0.1) is 36.3 Å². The number of aromatic hydroxyl groups is 1. The quantitative estimate of drug-likeness (QED) is 0.133. The average Bonchev–Trinajstić information content (AvgIpc) is 3.41. The Balaban J connectivity index is 0.891. The lowest BCUT2D eigenvalue weighted by Crippen LogP contribution is -2.55. The molecule has 0 radical (unpaired) electrons. The Hall–Kier alpha value is -5.95. The summed E-state index contributed by atoms with van der Waals surface area (Å²) in [5.41, 5.74) is 16.3. The first-order valence-electron chi connectivity index (χ1n) is 18.7. The van der Waals surface area contributed by atoms with Gasteiger partial charge in [-0.1, -0.05) is 12.2 Å². The van der Waals surface area contributed by atoms with E-state index in [0.29, 0.717) is 66.8 Å². The van der Waals surface area contributed by atoms with Gasteiger partial charge in [0.1, 0.15) is 51.6 Å². The fraction of sp³-hybridized carbons (Fsp3) is 0.357. The molecular formula is C42H40N6O7. The van der Waals surface area contributed by atoms with Crippen molar-refractivity contribution in [1.82, 2.24) is 14.9 Å². The maximum Gasteiger partial charge on any atom is 0.342 e. The fourth-order valence-corrected chi connectivity index (χ4v) is 9.46. The molecule has 5 N–H and O–H groups in total. The number of epoxide rings is 1. The lowest BCUT2D eigenvalue weighted by Gasteiger charge is -2.47. The van der Waals surface area contributed by atoms with Crippen LogP contribution in [0.1, 0.15) is 55.2 Å². The topological polar surface area (TPSA) is 192 Å². The van der Waals surface area contributed by atoms with E-state index in [0.717, 1.165) is 28.1 Å². The van der Waals surface area contributed by atoms with Gasteiger partial charge in [0, 0.05) is 53.1 Å². The van der Waals surface area contributed by atoms with Crippen LogP contribution >= 0.6 is 0 Å². The highest BCUT2D eigenvalue weighted by atomic mass is 16.7. The highest BCUT2D eigenvalue weighted by molar-refractivity contribution is 6.07. The van der Waals surface area contributed by atoms with Crippen molar-refractivity contribution in [1.29, 1.82) is 0 Å². The van der Waals surface area contributed by atoms with Crippen molar-refractivity contribution in [3.05, 3.63) is 105 Å². The third-order valence-electron chi connectivity index (χ3n) is 11.9. The molecule has 0 saturated carbocycles. The molecule has 0 unspecified atom stereocenters. The molecular weight excluding hydrogens is 700 g/mol. The maximum absolute atomic E-state index is 14.3. The van der Waals surface area contributed by atoms with Crippen molar-refractivity contribution >= 4 is 34.3 Å². The minimum atomic E-state index is -1.14. The monoisotopic (exact) mass is 740 g/mol. The summed E-state index contributed by atoms with van der Waals surface area (Å²) in [6, 6.07) is 10.6. The number of benzene rings is 1. The van der Waals surface area contributed by atoms with Gasteiger partial charge in [-0.25, -0.2) is 14.8 Å². The van der Waals surface area contributed by atoms with E-state index in [4.69, 9.17) is 30.1 Å². The van der Waals surface area contributed by atoms with Crippen molar-refractivity contribution in [2.75, 3.05) is 18.0 Å². The molecule has 1 aliphatic carbocycles. The Morgan fingerprint density at radius 2 is 1.87 bits per heavy atom. The van der Waals surface area contributed by atoms with Crippen LogP contribution in [0.2, 0.25) is 0 Å². The predicted molar refractivity (Wildman–Crippen MR) is 204 cm³/mol. The van der Waals surface area contributed by atoms with Gasteiger partial charge in [-0.15, -0.1) is 0 Å². The number of hydrogen-bond acceptors (Lipinski definition) is 13. The highest BCUT2D eigenvalue weighted by Gasteiger charge is 2.70. The molecule has 13 nitrogen and oxygen atoms in total. The van der Waals surface area contributed by atoms with Gasteiger partial charge >= 0.3 is 5.97 Å². The summed E-state index contributed by atoms with van der Waals surface area (Å²) in [4.78, 5) is 43.1. The second-order valence-electron chi connectivity index (χ2n) is 16.1. The Morgan fingerprint density at radius 1 is 1.04 bits per heavy atom. The molecule has 3 aromatic heterocycles. The summed E-state index contributed by atoms with van der Waals surface area (Å²) in [6.45, 7) is 6.72. The van der Waals surface area contributed by atoms with Gasteiger partial charge in [0.2, 0.25) is 0 Å². The van der Waals surface area contributed by atoms with E-state index >= 15 is 0 Å². The van der Waals surface area contributed by atoms with Crippen molar-refractivity contribution in [3.63, 3.8) is 0 Å². The van der Waals surface area contributed by atoms with E-state index in [1.165, 1.54) is 6.07 Å². The van der Waals surface area contributed by atoms with Crippen LogP contribution in [-0.4, -0.2) is 61.6 Å². The zero-order chi connectivity index (χ0) is 38.0. The van der Waals surface area contributed by atoms with Crippen LogP contribution in [0.25, 0.3) is 22.2 Å². The van der Waals surface area contributed by atoms with Crippen molar-refractivity contribution in [2.24, 2.45) is 16.8 Å². The number of aromatic nitrogens is 2. The van der Waals surface area contributed by atoms with Crippen LogP contribution < -0.4 is 21.6 Å². The number of nitrogens with two attached hydrogens (primary N) is 2. The number of ether oxygens (including phenoxy) is 3. The summed E-state index contributed by atoms with van der Waals surface area (Å²) < 4.78 is 25.0. The number of carbonyl (C=O) groups excluding carboxylic acids is 1. The van der Waals surface area contributed by atoms with Gasteiger partial charge in [-0.05, 0) is 81.9 Å². The lowest BCUT2D eigenvalue weighted by molar-refractivity contribution is -0.176. The molecule has 2 fully saturated rings. The van der Waals surface area contributed by atoms with E-state index < -0.39 is 29.2 Å². The number of hydrogen-bond donors (Lipinski definition) is 3. The van der Waals surface area contributed by atoms with Crippen LogP contribution in [0.4, 0.5) is 11.6 Å². The van der Waals surface area contributed by atoms with Crippen LogP contribution in [-0.2, 0) is 27.2 Å². The number of anilines is 2. The molecule has 280 valence electrons. The largest absolute Gasteiger partial charge is 0.507 e. The summed E-state index contributed by atoms with van der Waals surface area (Å²) in [5, 5.41) is 11.7. The molecule has 13 heteroatoms. The zero-order valence-electron chi connectivity index (χ0n) is 30.6. The molecule has 6 aliphatic rings. The third-order valence-corrected chi connectivity index (χ3v) is 11.9. The molecule has 2 bridgehead atoms. The second kappa shape index (κ2) is 11.8. The van der Waals surface area contributed by atoms with Gasteiger partial charge in [0.25, 0.3) is 0 Å². The molecule has 10 rings (SSSR count). The van der Waals surface area contributed by atoms with E-state index in [-0.39, 0.29) is 40.1 Å². The lowest BCUT2D eigenvalue weighted by atomic mass is 9.71.